The zero-order valence-electron chi connectivity index (χ0n) is 10.4. The van der Waals surface area contributed by atoms with Crippen molar-refractivity contribution in [3.63, 3.8) is 0 Å². The summed E-state index contributed by atoms with van der Waals surface area (Å²) in [6, 6.07) is 3.02. The van der Waals surface area contributed by atoms with E-state index in [1.165, 1.54) is 12.1 Å². The number of benzene rings is 1. The first-order chi connectivity index (χ1) is 8.97. The molecule has 0 spiro atoms. The number of aliphatic hydroxyl groups excluding tert-OH is 1. The molecule has 1 aliphatic rings. The Labute approximate surface area is 121 Å². The molecule has 0 unspecified atom stereocenters. The van der Waals surface area contributed by atoms with Crippen molar-refractivity contribution < 1.29 is 9.90 Å². The molecule has 1 aromatic rings. The van der Waals surface area contributed by atoms with Crippen LogP contribution in [0.25, 0.3) is 0 Å². The topological polar surface area (TPSA) is 75.4 Å². The van der Waals surface area contributed by atoms with Gasteiger partial charge in [-0.2, -0.15) is 0 Å². The molecule has 1 aromatic carbocycles. The van der Waals surface area contributed by atoms with E-state index in [9.17, 15) is 4.79 Å². The molecule has 0 saturated heterocycles. The van der Waals surface area contributed by atoms with Gasteiger partial charge < -0.3 is 16.2 Å². The molecule has 0 atom stereocenters. The van der Waals surface area contributed by atoms with Crippen LogP contribution in [0.15, 0.2) is 12.1 Å². The van der Waals surface area contributed by atoms with Gasteiger partial charge in [-0.3, -0.25) is 4.79 Å². The quantitative estimate of drug-likeness (QED) is 0.731. The number of aliphatic hydroxyl groups is 1. The summed E-state index contributed by atoms with van der Waals surface area (Å²) < 4.78 is 0. The number of nitrogens with one attached hydrogen (secondary N) is 1. The second-order valence-electron chi connectivity index (χ2n) is 5.02. The Morgan fingerprint density at radius 1 is 1.42 bits per heavy atom. The van der Waals surface area contributed by atoms with Gasteiger partial charge in [0, 0.05) is 18.8 Å². The van der Waals surface area contributed by atoms with E-state index in [1.54, 1.807) is 0 Å². The number of hydrogen-bond donors (Lipinski definition) is 3. The van der Waals surface area contributed by atoms with E-state index >= 15 is 0 Å². The highest BCUT2D eigenvalue weighted by Crippen LogP contribution is 2.48. The number of rotatable bonds is 5. The fourth-order valence-corrected chi connectivity index (χ4v) is 2.49. The van der Waals surface area contributed by atoms with Gasteiger partial charge in [0.1, 0.15) is 0 Å². The Balaban J connectivity index is 2.04. The Kier molecular flexibility index (Phi) is 4.23. The normalized spacial score (nSPS) is 16.2. The molecule has 2 rings (SSSR count). The summed E-state index contributed by atoms with van der Waals surface area (Å²) in [7, 11) is 0. The minimum atomic E-state index is -0.289. The molecule has 1 fully saturated rings. The Hall–Kier alpha value is -0.970. The Morgan fingerprint density at radius 3 is 2.68 bits per heavy atom. The number of amides is 1. The molecule has 1 aliphatic carbocycles. The van der Waals surface area contributed by atoms with Crippen LogP contribution in [0.1, 0.15) is 29.6 Å². The molecule has 0 bridgehead atoms. The predicted molar refractivity (Wildman–Crippen MR) is 76.6 cm³/mol. The van der Waals surface area contributed by atoms with E-state index in [4.69, 9.17) is 34.0 Å². The molecule has 0 aliphatic heterocycles. The molecular formula is C13H16Cl2N2O2. The highest BCUT2D eigenvalue weighted by molar-refractivity contribution is 6.44. The van der Waals surface area contributed by atoms with E-state index in [0.29, 0.717) is 18.7 Å². The third-order valence-electron chi connectivity index (χ3n) is 3.52. The van der Waals surface area contributed by atoms with Gasteiger partial charge in [-0.1, -0.05) is 23.2 Å². The van der Waals surface area contributed by atoms with Crippen LogP contribution >= 0.6 is 23.2 Å². The summed E-state index contributed by atoms with van der Waals surface area (Å²) in [5, 5.41) is 12.3. The third kappa shape index (κ3) is 3.32. The average Bonchev–Trinajstić information content (AvgIpc) is 3.12. The van der Waals surface area contributed by atoms with Crippen LogP contribution in [0.3, 0.4) is 0 Å². The number of hydrogen-bond acceptors (Lipinski definition) is 3. The first-order valence-corrected chi connectivity index (χ1v) is 6.87. The van der Waals surface area contributed by atoms with Gasteiger partial charge in [0.05, 0.1) is 15.6 Å². The molecule has 4 nitrogen and oxygen atoms in total. The number of carbonyl (C=O) groups excluding carboxylic acids is 1. The fourth-order valence-electron chi connectivity index (χ4n) is 2.07. The summed E-state index contributed by atoms with van der Waals surface area (Å²) in [4.78, 5) is 12.1. The van der Waals surface area contributed by atoms with Crippen LogP contribution in [-0.4, -0.2) is 24.2 Å². The molecule has 1 amide bonds. The number of halogens is 2. The SMILES string of the molecule is Nc1cc(Cl)c(Cl)c(C(=O)NCC2(CCO)CC2)c1. The zero-order valence-corrected chi connectivity index (χ0v) is 11.9. The van der Waals surface area contributed by atoms with Gasteiger partial charge in [-0.05, 0) is 36.8 Å². The molecule has 1 saturated carbocycles. The predicted octanol–water partition coefficient (Wildman–Crippen LogP) is 2.47. The van der Waals surface area contributed by atoms with Crippen molar-refractivity contribution in [2.75, 3.05) is 18.9 Å². The van der Waals surface area contributed by atoms with Gasteiger partial charge in [0.15, 0.2) is 0 Å². The van der Waals surface area contributed by atoms with Gasteiger partial charge in [-0.15, -0.1) is 0 Å². The number of carbonyl (C=O) groups is 1. The van der Waals surface area contributed by atoms with Crippen molar-refractivity contribution in [3.8, 4) is 0 Å². The molecule has 0 radical (unpaired) electrons. The van der Waals surface area contributed by atoms with Gasteiger partial charge in [0.25, 0.3) is 5.91 Å². The minimum Gasteiger partial charge on any atom is -0.399 e. The summed E-state index contributed by atoms with van der Waals surface area (Å²) >= 11 is 11.9. The van der Waals surface area contributed by atoms with Crippen molar-refractivity contribution in [3.05, 3.63) is 27.7 Å². The van der Waals surface area contributed by atoms with E-state index in [-0.39, 0.29) is 33.5 Å². The molecule has 0 aromatic heterocycles. The van der Waals surface area contributed by atoms with Gasteiger partial charge in [0.2, 0.25) is 0 Å². The van der Waals surface area contributed by atoms with Crippen LogP contribution in [0, 0.1) is 5.41 Å². The average molecular weight is 303 g/mol. The smallest absolute Gasteiger partial charge is 0.252 e. The molecule has 4 N–H and O–H groups in total. The highest BCUT2D eigenvalue weighted by atomic mass is 35.5. The lowest BCUT2D eigenvalue weighted by Gasteiger charge is -2.15. The first kappa shape index (κ1) is 14.4. The van der Waals surface area contributed by atoms with Crippen molar-refractivity contribution in [1.29, 1.82) is 0 Å². The Morgan fingerprint density at radius 2 is 2.11 bits per heavy atom. The molecule has 104 valence electrons. The largest absolute Gasteiger partial charge is 0.399 e. The number of nitrogens with two attached hydrogens (primary N) is 1. The van der Waals surface area contributed by atoms with Crippen molar-refractivity contribution >= 4 is 34.8 Å². The maximum Gasteiger partial charge on any atom is 0.252 e. The highest BCUT2D eigenvalue weighted by Gasteiger charge is 2.42. The maximum absolute atomic E-state index is 12.1. The summed E-state index contributed by atoms with van der Waals surface area (Å²) in [6.45, 7) is 0.676. The van der Waals surface area contributed by atoms with Crippen molar-refractivity contribution in [2.45, 2.75) is 19.3 Å². The molecule has 19 heavy (non-hydrogen) atoms. The summed E-state index contributed by atoms with van der Waals surface area (Å²) in [5.41, 5.74) is 6.39. The van der Waals surface area contributed by atoms with E-state index in [2.05, 4.69) is 5.32 Å². The standard InChI is InChI=1S/C13H16Cl2N2O2/c14-10-6-8(16)5-9(11(10)15)12(19)17-7-13(1-2-13)3-4-18/h5-6,18H,1-4,7,16H2,(H,17,19). The fraction of sp³-hybridized carbons (Fsp3) is 0.462. The number of anilines is 1. The van der Waals surface area contributed by atoms with Crippen LogP contribution in [0.4, 0.5) is 5.69 Å². The lowest BCUT2D eigenvalue weighted by atomic mass is 10.0. The molecule has 0 heterocycles. The Bertz CT molecular complexity index is 502. The third-order valence-corrected chi connectivity index (χ3v) is 4.32. The molecule has 6 heteroatoms. The summed E-state index contributed by atoms with van der Waals surface area (Å²) in [5.74, 6) is -0.289. The second-order valence-corrected chi connectivity index (χ2v) is 5.81. The lowest BCUT2D eigenvalue weighted by molar-refractivity contribution is 0.0941. The van der Waals surface area contributed by atoms with Crippen molar-refractivity contribution in [1.82, 2.24) is 5.32 Å². The second kappa shape index (κ2) is 5.57. The van der Waals surface area contributed by atoms with Gasteiger partial charge >= 0.3 is 0 Å². The lowest BCUT2D eigenvalue weighted by Crippen LogP contribution is -2.31. The van der Waals surface area contributed by atoms with Crippen LogP contribution in [0.5, 0.6) is 0 Å². The summed E-state index contributed by atoms with van der Waals surface area (Å²) in [6.07, 6.45) is 2.76. The van der Waals surface area contributed by atoms with E-state index < -0.39 is 0 Å². The first-order valence-electron chi connectivity index (χ1n) is 6.11. The minimum absolute atomic E-state index is 0.0566. The van der Waals surface area contributed by atoms with Crippen molar-refractivity contribution in [2.24, 2.45) is 5.41 Å². The maximum atomic E-state index is 12.1. The van der Waals surface area contributed by atoms with Crippen LogP contribution < -0.4 is 11.1 Å². The van der Waals surface area contributed by atoms with Crippen LogP contribution in [-0.2, 0) is 0 Å². The van der Waals surface area contributed by atoms with Gasteiger partial charge in [-0.25, -0.2) is 0 Å². The van der Waals surface area contributed by atoms with E-state index in [1.807, 2.05) is 0 Å². The zero-order chi connectivity index (χ0) is 14.0. The van der Waals surface area contributed by atoms with Crippen LogP contribution in [0.2, 0.25) is 10.0 Å². The monoisotopic (exact) mass is 302 g/mol. The van der Waals surface area contributed by atoms with E-state index in [0.717, 1.165) is 12.8 Å². The molecular weight excluding hydrogens is 287 g/mol. The number of nitrogen functional groups attached to an aromatic ring is 1.